The monoisotopic (exact) mass is 423 g/mol. The summed E-state index contributed by atoms with van der Waals surface area (Å²) in [4.78, 5) is 0. The van der Waals surface area contributed by atoms with Gasteiger partial charge in [0, 0.05) is 19.0 Å². The maximum atomic E-state index is 11.7. The van der Waals surface area contributed by atoms with Crippen molar-refractivity contribution in [2.45, 2.75) is 104 Å². The van der Waals surface area contributed by atoms with Crippen LogP contribution in [0.2, 0.25) is 0 Å². The Kier molecular flexibility index (Phi) is 22.9. The van der Waals surface area contributed by atoms with E-state index in [2.05, 4.69) is 13.8 Å². The van der Waals surface area contributed by atoms with E-state index >= 15 is 0 Å². The number of hydrogen-bond donors (Lipinski definition) is 0. The van der Waals surface area contributed by atoms with E-state index in [1.807, 2.05) is 6.92 Å². The molecule has 0 fully saturated rings. The average Bonchev–Trinajstić information content (AvgIpc) is 2.67. The zero-order valence-electron chi connectivity index (χ0n) is 18.1. The molecule has 2 atom stereocenters. The summed E-state index contributed by atoms with van der Waals surface area (Å²) in [6.07, 6.45) is 15.0. The number of rotatable bonds is 22. The molecule has 2 unspecified atom stereocenters. The molecule has 163 valence electrons. The Hall–Kier alpha value is 0.330. The third-order valence-electron chi connectivity index (χ3n) is 4.40. The molecule has 0 spiro atoms. The zero-order valence-corrected chi connectivity index (χ0v) is 19.8. The van der Waals surface area contributed by atoms with Crippen LogP contribution in [-0.2, 0) is 18.6 Å². The Bertz CT molecular complexity index is 319. The van der Waals surface area contributed by atoms with Gasteiger partial charge in [-0.05, 0) is 24.2 Å². The fourth-order valence-corrected chi connectivity index (χ4v) is 4.37. The largest absolute Gasteiger partial charge is 0.379 e. The van der Waals surface area contributed by atoms with Gasteiger partial charge in [0.1, 0.15) is 6.10 Å². The van der Waals surface area contributed by atoms with Gasteiger partial charge in [0.25, 0.3) is 7.23 Å². The molecular formula is C21H44O4PS. The van der Waals surface area contributed by atoms with Gasteiger partial charge in [-0.3, -0.25) is 4.52 Å². The molecule has 0 aliphatic rings. The molecule has 0 aromatic carbocycles. The van der Waals surface area contributed by atoms with Crippen LogP contribution < -0.4 is 0 Å². The summed E-state index contributed by atoms with van der Waals surface area (Å²) >= 11 is 1.34. The van der Waals surface area contributed by atoms with Crippen molar-refractivity contribution in [1.82, 2.24) is 0 Å². The van der Waals surface area contributed by atoms with Gasteiger partial charge in [-0.25, -0.2) is 4.57 Å². The predicted molar refractivity (Wildman–Crippen MR) is 119 cm³/mol. The summed E-state index contributed by atoms with van der Waals surface area (Å²) in [6.45, 7) is 8.86. The second kappa shape index (κ2) is 22.6. The van der Waals surface area contributed by atoms with Crippen molar-refractivity contribution in [2.75, 3.05) is 32.2 Å². The topological polar surface area (TPSA) is 44.8 Å². The van der Waals surface area contributed by atoms with Gasteiger partial charge in [0.2, 0.25) is 0 Å². The van der Waals surface area contributed by atoms with Gasteiger partial charge in [0.15, 0.2) is 0 Å². The van der Waals surface area contributed by atoms with E-state index in [9.17, 15) is 4.57 Å². The maximum absolute atomic E-state index is 11.7. The molecule has 27 heavy (non-hydrogen) atoms. The van der Waals surface area contributed by atoms with Crippen molar-refractivity contribution >= 4 is 18.6 Å². The molecule has 4 nitrogen and oxygen atoms in total. The fourth-order valence-electron chi connectivity index (χ4n) is 2.76. The summed E-state index contributed by atoms with van der Waals surface area (Å²) in [5, 5.41) is 0. The van der Waals surface area contributed by atoms with Crippen LogP contribution in [0.5, 0.6) is 0 Å². The summed E-state index contributed by atoms with van der Waals surface area (Å²) in [5.41, 5.74) is 0. The van der Waals surface area contributed by atoms with Crippen LogP contribution >= 0.6 is 18.6 Å². The number of unbranched alkanes of at least 4 members (excludes halogenated alkanes) is 10. The Labute approximate surface area is 173 Å². The molecule has 0 bridgehead atoms. The average molecular weight is 424 g/mol. The first kappa shape index (κ1) is 27.3. The minimum atomic E-state index is -1.64. The summed E-state index contributed by atoms with van der Waals surface area (Å²) in [6, 6.07) is 0. The molecule has 0 heterocycles. The third-order valence-corrected chi connectivity index (χ3v) is 6.95. The Morgan fingerprint density at radius 2 is 1.30 bits per heavy atom. The zero-order chi connectivity index (χ0) is 20.0. The number of ether oxygens (including phenoxy) is 2. The summed E-state index contributed by atoms with van der Waals surface area (Å²) < 4.78 is 28.9. The van der Waals surface area contributed by atoms with Crippen molar-refractivity contribution in [1.29, 1.82) is 0 Å². The first-order chi connectivity index (χ1) is 13.2. The smallest absolute Gasteiger partial charge is 0.277 e. The summed E-state index contributed by atoms with van der Waals surface area (Å²) in [5.74, 6) is 0.799. The second-order valence-electron chi connectivity index (χ2n) is 7.04. The summed E-state index contributed by atoms with van der Waals surface area (Å²) in [7, 11) is -1.64. The Morgan fingerprint density at radius 1 is 0.741 bits per heavy atom. The van der Waals surface area contributed by atoms with Crippen molar-refractivity contribution in [3.63, 3.8) is 0 Å². The molecule has 0 aliphatic carbocycles. The highest BCUT2D eigenvalue weighted by Gasteiger charge is 2.13. The highest BCUT2D eigenvalue weighted by Crippen LogP contribution is 2.38. The molecule has 0 N–H and O–H groups in total. The molecule has 0 saturated carbocycles. The first-order valence-electron chi connectivity index (χ1n) is 11.2. The molecule has 0 saturated heterocycles. The number of hydrogen-bond acceptors (Lipinski definition) is 5. The maximum Gasteiger partial charge on any atom is 0.277 e. The molecule has 0 aliphatic heterocycles. The Balaban J connectivity index is 3.86. The quantitative estimate of drug-likeness (QED) is 0.133. The van der Waals surface area contributed by atoms with E-state index in [0.717, 1.165) is 31.8 Å². The van der Waals surface area contributed by atoms with Crippen molar-refractivity contribution in [3.8, 4) is 0 Å². The van der Waals surface area contributed by atoms with Crippen LogP contribution in [0, 0.1) is 0 Å². The van der Waals surface area contributed by atoms with Gasteiger partial charge in [-0.2, -0.15) is 0 Å². The van der Waals surface area contributed by atoms with Crippen molar-refractivity contribution in [2.24, 2.45) is 0 Å². The SMILES string of the molecule is CCCCCCCCOCC(CO[P](=O)SCC)OCCCCCCCC. The van der Waals surface area contributed by atoms with E-state index in [0.29, 0.717) is 13.2 Å². The van der Waals surface area contributed by atoms with Gasteiger partial charge < -0.3 is 9.47 Å². The lowest BCUT2D eigenvalue weighted by molar-refractivity contribution is -0.0373. The molecule has 6 heteroatoms. The van der Waals surface area contributed by atoms with Crippen LogP contribution in [0.3, 0.4) is 0 Å². The molecule has 1 radical (unpaired) electrons. The fraction of sp³-hybridized carbons (Fsp3) is 1.00. The van der Waals surface area contributed by atoms with Crippen molar-refractivity contribution in [3.05, 3.63) is 0 Å². The Morgan fingerprint density at radius 3 is 1.89 bits per heavy atom. The van der Waals surface area contributed by atoms with E-state index in [1.54, 1.807) is 0 Å². The van der Waals surface area contributed by atoms with Crippen molar-refractivity contribution < 1.29 is 18.6 Å². The lowest BCUT2D eigenvalue weighted by atomic mass is 10.1. The minimum Gasteiger partial charge on any atom is -0.379 e. The van der Waals surface area contributed by atoms with E-state index in [-0.39, 0.29) is 6.10 Å². The highest BCUT2D eigenvalue weighted by molar-refractivity contribution is 8.50. The molecule has 0 rings (SSSR count). The third kappa shape index (κ3) is 20.9. The standard InChI is InChI=1S/C21H44O4PS/c1-4-7-9-11-13-15-17-23-19-21(20-25-26(22)27-6-3)24-18-16-14-12-10-8-5-2/h21H,4-20H2,1-3H3. The minimum absolute atomic E-state index is 0.114. The van der Waals surface area contributed by atoms with E-state index < -0.39 is 7.23 Å². The van der Waals surface area contributed by atoms with Gasteiger partial charge in [-0.1, -0.05) is 85.0 Å². The van der Waals surface area contributed by atoms with Gasteiger partial charge in [0.05, 0.1) is 13.2 Å². The van der Waals surface area contributed by atoms with E-state index in [1.165, 1.54) is 75.6 Å². The van der Waals surface area contributed by atoms with Crippen LogP contribution in [0.15, 0.2) is 0 Å². The second-order valence-corrected chi connectivity index (χ2v) is 10.3. The van der Waals surface area contributed by atoms with E-state index in [4.69, 9.17) is 14.0 Å². The molecule has 0 amide bonds. The lowest BCUT2D eigenvalue weighted by Crippen LogP contribution is -2.25. The van der Waals surface area contributed by atoms with Crippen LogP contribution in [-0.4, -0.2) is 38.3 Å². The molecule has 0 aromatic rings. The van der Waals surface area contributed by atoms with Crippen LogP contribution in [0.25, 0.3) is 0 Å². The van der Waals surface area contributed by atoms with Gasteiger partial charge >= 0.3 is 0 Å². The molecule has 0 aromatic heterocycles. The predicted octanol–water partition coefficient (Wildman–Crippen LogP) is 7.54. The normalized spacial score (nSPS) is 13.1. The van der Waals surface area contributed by atoms with Crippen LogP contribution in [0.4, 0.5) is 0 Å². The highest BCUT2D eigenvalue weighted by atomic mass is 32.7. The van der Waals surface area contributed by atoms with Gasteiger partial charge in [-0.15, -0.1) is 0 Å². The van der Waals surface area contributed by atoms with Crippen LogP contribution in [0.1, 0.15) is 97.8 Å². The lowest BCUT2D eigenvalue weighted by Gasteiger charge is -2.18. The first-order valence-corrected chi connectivity index (χ1v) is 13.9. The molecular weight excluding hydrogens is 379 g/mol.